The third-order valence-electron chi connectivity index (χ3n) is 2.97. The maximum absolute atomic E-state index is 5.75. The highest BCUT2D eigenvalue weighted by Crippen LogP contribution is 2.24. The van der Waals surface area contributed by atoms with Crippen LogP contribution in [-0.4, -0.2) is 19.2 Å². The van der Waals surface area contributed by atoms with E-state index in [1.165, 1.54) is 25.8 Å². The van der Waals surface area contributed by atoms with Crippen LogP contribution in [0.2, 0.25) is 0 Å². The number of nitrogens with one attached hydrogen (secondary N) is 1. The lowest BCUT2D eigenvalue weighted by atomic mass is 10.0. The molecule has 0 aliphatic carbocycles. The number of hydrogen-bond acceptors (Lipinski definition) is 2. The van der Waals surface area contributed by atoms with Crippen molar-refractivity contribution in [1.29, 1.82) is 0 Å². The molecule has 1 aliphatic heterocycles. The van der Waals surface area contributed by atoms with Gasteiger partial charge in [0, 0.05) is 6.04 Å². The van der Waals surface area contributed by atoms with Gasteiger partial charge < -0.3 is 10.1 Å². The summed E-state index contributed by atoms with van der Waals surface area (Å²) in [6.07, 6.45) is 5.06. The molecule has 96 valence electrons. The molecule has 0 radical (unpaired) electrons. The summed E-state index contributed by atoms with van der Waals surface area (Å²) in [6.45, 7) is 1.96. The number of halogens is 2. The van der Waals surface area contributed by atoms with Crippen LogP contribution in [0.4, 0.5) is 0 Å². The van der Waals surface area contributed by atoms with Crippen LogP contribution in [0.3, 0.4) is 0 Å². The van der Waals surface area contributed by atoms with Gasteiger partial charge >= 0.3 is 0 Å². The van der Waals surface area contributed by atoms with Gasteiger partial charge in [-0.15, -0.1) is 12.4 Å². The molecule has 1 aromatic carbocycles. The Morgan fingerprint density at radius 1 is 1.29 bits per heavy atom. The van der Waals surface area contributed by atoms with Crippen molar-refractivity contribution in [3.63, 3.8) is 0 Å². The van der Waals surface area contributed by atoms with Crippen LogP contribution < -0.4 is 10.1 Å². The maximum Gasteiger partial charge on any atom is 0.133 e. The highest BCUT2D eigenvalue weighted by atomic mass is 79.9. The van der Waals surface area contributed by atoms with E-state index in [0.717, 1.165) is 23.2 Å². The Morgan fingerprint density at radius 2 is 2.12 bits per heavy atom. The number of benzene rings is 1. The van der Waals surface area contributed by atoms with Gasteiger partial charge in [0.15, 0.2) is 0 Å². The molecule has 1 N–H and O–H groups in total. The molecule has 0 spiro atoms. The van der Waals surface area contributed by atoms with E-state index < -0.39 is 0 Å². The third kappa shape index (κ3) is 4.86. The first-order valence-corrected chi connectivity index (χ1v) is 6.76. The van der Waals surface area contributed by atoms with E-state index in [4.69, 9.17) is 4.74 Å². The molecule has 0 bridgehead atoms. The lowest BCUT2D eigenvalue weighted by molar-refractivity contribution is 0.267. The van der Waals surface area contributed by atoms with Gasteiger partial charge in [0.2, 0.25) is 0 Å². The summed E-state index contributed by atoms with van der Waals surface area (Å²) in [5, 5.41) is 3.53. The molecule has 17 heavy (non-hydrogen) atoms. The molecule has 2 rings (SSSR count). The fraction of sp³-hybridized carbons (Fsp3) is 0.538. The summed E-state index contributed by atoms with van der Waals surface area (Å²) in [4.78, 5) is 0. The average molecular weight is 321 g/mol. The van der Waals surface area contributed by atoms with Crippen molar-refractivity contribution in [3.8, 4) is 5.75 Å². The van der Waals surface area contributed by atoms with E-state index in [1.54, 1.807) is 0 Å². The lowest BCUT2D eigenvalue weighted by Crippen LogP contribution is -2.35. The molecule has 0 saturated carbocycles. The monoisotopic (exact) mass is 319 g/mol. The standard InChI is InChI=1S/C13H18BrNO.ClH/c14-12-6-1-2-7-13(12)16-10-8-11-5-3-4-9-15-11;/h1-2,6-7,11,15H,3-5,8-10H2;1H. The summed E-state index contributed by atoms with van der Waals surface area (Å²) in [6, 6.07) is 8.65. The first-order chi connectivity index (χ1) is 7.86. The van der Waals surface area contributed by atoms with Crippen molar-refractivity contribution in [3.05, 3.63) is 28.7 Å². The van der Waals surface area contributed by atoms with Crippen molar-refractivity contribution in [2.75, 3.05) is 13.2 Å². The highest BCUT2D eigenvalue weighted by Gasteiger charge is 2.12. The summed E-state index contributed by atoms with van der Waals surface area (Å²) in [5.74, 6) is 0.943. The molecular weight excluding hydrogens is 302 g/mol. The van der Waals surface area contributed by atoms with E-state index in [9.17, 15) is 0 Å². The molecule has 1 unspecified atom stereocenters. The Morgan fingerprint density at radius 3 is 2.82 bits per heavy atom. The van der Waals surface area contributed by atoms with Crippen molar-refractivity contribution in [1.82, 2.24) is 5.32 Å². The molecule has 0 aromatic heterocycles. The zero-order valence-corrected chi connectivity index (χ0v) is 12.2. The van der Waals surface area contributed by atoms with Gasteiger partial charge in [-0.25, -0.2) is 0 Å². The zero-order valence-electron chi connectivity index (χ0n) is 9.82. The zero-order chi connectivity index (χ0) is 11.2. The predicted molar refractivity (Wildman–Crippen MR) is 77.1 cm³/mol. The van der Waals surface area contributed by atoms with Gasteiger partial charge in [-0.2, -0.15) is 0 Å². The maximum atomic E-state index is 5.75. The second-order valence-corrected chi connectivity index (χ2v) is 5.07. The van der Waals surface area contributed by atoms with Crippen molar-refractivity contribution < 1.29 is 4.74 Å². The fourth-order valence-corrected chi connectivity index (χ4v) is 2.44. The normalized spacial score (nSPS) is 19.5. The Kier molecular flexibility index (Phi) is 6.93. The molecule has 1 atom stereocenters. The number of piperidine rings is 1. The Bertz CT molecular complexity index is 329. The molecular formula is C13H19BrClNO. The third-order valence-corrected chi connectivity index (χ3v) is 3.63. The van der Waals surface area contributed by atoms with Gasteiger partial charge in [-0.05, 0) is 53.9 Å². The van der Waals surface area contributed by atoms with Crippen LogP contribution in [0, 0.1) is 0 Å². The number of para-hydroxylation sites is 1. The van der Waals surface area contributed by atoms with E-state index in [1.807, 2.05) is 24.3 Å². The summed E-state index contributed by atoms with van der Waals surface area (Å²) < 4.78 is 6.79. The van der Waals surface area contributed by atoms with Crippen molar-refractivity contribution in [2.24, 2.45) is 0 Å². The van der Waals surface area contributed by atoms with Crippen molar-refractivity contribution >= 4 is 28.3 Å². The van der Waals surface area contributed by atoms with E-state index in [2.05, 4.69) is 21.2 Å². The molecule has 1 heterocycles. The number of hydrogen-bond donors (Lipinski definition) is 1. The molecule has 1 aliphatic rings. The minimum absolute atomic E-state index is 0. The number of ether oxygens (including phenoxy) is 1. The quantitative estimate of drug-likeness (QED) is 0.911. The van der Waals surface area contributed by atoms with Crippen LogP contribution in [-0.2, 0) is 0 Å². The van der Waals surface area contributed by atoms with Crippen LogP contribution in [0.5, 0.6) is 5.75 Å². The van der Waals surface area contributed by atoms with E-state index in [-0.39, 0.29) is 12.4 Å². The minimum Gasteiger partial charge on any atom is -0.492 e. The Labute approximate surface area is 118 Å². The molecule has 0 amide bonds. The van der Waals surface area contributed by atoms with Gasteiger partial charge in [-0.1, -0.05) is 18.6 Å². The smallest absolute Gasteiger partial charge is 0.133 e. The topological polar surface area (TPSA) is 21.3 Å². The Balaban J connectivity index is 0.00000144. The largest absolute Gasteiger partial charge is 0.492 e. The first-order valence-electron chi connectivity index (χ1n) is 5.97. The summed E-state index contributed by atoms with van der Waals surface area (Å²) >= 11 is 3.48. The fourth-order valence-electron chi connectivity index (χ4n) is 2.04. The van der Waals surface area contributed by atoms with Gasteiger partial charge in [-0.3, -0.25) is 0 Å². The van der Waals surface area contributed by atoms with Gasteiger partial charge in [0.25, 0.3) is 0 Å². The van der Waals surface area contributed by atoms with E-state index >= 15 is 0 Å². The minimum atomic E-state index is 0. The average Bonchev–Trinajstić information content (AvgIpc) is 2.33. The van der Waals surface area contributed by atoms with Crippen LogP contribution in [0.15, 0.2) is 28.7 Å². The molecule has 1 fully saturated rings. The number of rotatable bonds is 4. The van der Waals surface area contributed by atoms with E-state index in [0.29, 0.717) is 6.04 Å². The van der Waals surface area contributed by atoms with Crippen molar-refractivity contribution in [2.45, 2.75) is 31.7 Å². The highest BCUT2D eigenvalue weighted by molar-refractivity contribution is 9.10. The molecule has 2 nitrogen and oxygen atoms in total. The first kappa shape index (κ1) is 14.8. The van der Waals surface area contributed by atoms with Crippen LogP contribution in [0.1, 0.15) is 25.7 Å². The summed E-state index contributed by atoms with van der Waals surface area (Å²) in [7, 11) is 0. The Hall–Kier alpha value is -0.250. The molecule has 4 heteroatoms. The SMILES string of the molecule is Brc1ccccc1OCCC1CCCCN1.Cl. The molecule has 1 saturated heterocycles. The second-order valence-electron chi connectivity index (χ2n) is 4.21. The second kappa shape index (κ2) is 7.96. The molecule has 1 aromatic rings. The van der Waals surface area contributed by atoms with Crippen LogP contribution in [0.25, 0.3) is 0 Å². The van der Waals surface area contributed by atoms with Crippen LogP contribution >= 0.6 is 28.3 Å². The summed E-state index contributed by atoms with van der Waals surface area (Å²) in [5.41, 5.74) is 0. The lowest BCUT2D eigenvalue weighted by Gasteiger charge is -2.23. The van der Waals surface area contributed by atoms with Gasteiger partial charge in [0.05, 0.1) is 11.1 Å². The van der Waals surface area contributed by atoms with Gasteiger partial charge in [0.1, 0.15) is 5.75 Å². The predicted octanol–water partition coefficient (Wildman–Crippen LogP) is 3.78.